The topological polar surface area (TPSA) is 0 Å². The van der Waals surface area contributed by atoms with Crippen LogP contribution in [0.3, 0.4) is 0 Å². The van der Waals surface area contributed by atoms with E-state index in [4.69, 9.17) is 0 Å². The van der Waals surface area contributed by atoms with Crippen molar-refractivity contribution in [3.05, 3.63) is 0 Å². The quantitative estimate of drug-likeness (QED) is 0.379. The van der Waals surface area contributed by atoms with Gasteiger partial charge in [0.2, 0.25) is 0 Å². The second kappa shape index (κ2) is 10.1. The molecule has 0 aromatic rings. The summed E-state index contributed by atoms with van der Waals surface area (Å²) in [5.41, 5.74) is -0.958. The van der Waals surface area contributed by atoms with Gasteiger partial charge in [-0.2, -0.15) is 0 Å². The lowest BCUT2D eigenvalue weighted by Gasteiger charge is -2.12. The third-order valence-electron chi connectivity index (χ3n) is 3.12. The van der Waals surface area contributed by atoms with Gasteiger partial charge in [0.1, 0.15) is 5.67 Å². The highest BCUT2D eigenvalue weighted by atomic mass is 19.1. The summed E-state index contributed by atoms with van der Waals surface area (Å²) in [6, 6.07) is 0. The number of hydrogen-bond donors (Lipinski definition) is 0. The molecule has 0 aliphatic rings. The van der Waals surface area contributed by atoms with Crippen LogP contribution in [0.4, 0.5) is 4.39 Å². The number of hydrogen-bond acceptors (Lipinski definition) is 0. The Balaban J connectivity index is 2.99. The Labute approximate surface area is 102 Å². The van der Waals surface area contributed by atoms with E-state index in [2.05, 4.69) is 6.92 Å². The molecule has 0 nitrogen and oxygen atoms in total. The van der Waals surface area contributed by atoms with Gasteiger partial charge in [0.25, 0.3) is 0 Å². The van der Waals surface area contributed by atoms with Gasteiger partial charge in [-0.3, -0.25) is 0 Å². The van der Waals surface area contributed by atoms with Crippen LogP contribution >= 0.6 is 0 Å². The maximum Gasteiger partial charge on any atom is 0.105 e. The normalized spacial score (nSPS) is 12.0. The van der Waals surface area contributed by atoms with Gasteiger partial charge in [0.15, 0.2) is 0 Å². The molecule has 0 fully saturated rings. The molecule has 0 unspecified atom stereocenters. The summed E-state index contributed by atoms with van der Waals surface area (Å²) in [6.45, 7) is 5.62. The summed E-state index contributed by atoms with van der Waals surface area (Å²) in [5.74, 6) is 0. The highest BCUT2D eigenvalue weighted by Crippen LogP contribution is 2.19. The zero-order valence-corrected chi connectivity index (χ0v) is 11.7. The van der Waals surface area contributed by atoms with Gasteiger partial charge < -0.3 is 0 Å². The first-order valence-electron chi connectivity index (χ1n) is 7.25. The zero-order valence-electron chi connectivity index (χ0n) is 11.7. The van der Waals surface area contributed by atoms with Gasteiger partial charge in [-0.05, 0) is 20.3 Å². The molecule has 0 aromatic carbocycles. The fraction of sp³-hybridized carbons (Fsp3) is 1.00. The van der Waals surface area contributed by atoms with Crippen molar-refractivity contribution >= 4 is 0 Å². The Morgan fingerprint density at radius 2 is 1.06 bits per heavy atom. The van der Waals surface area contributed by atoms with Crippen molar-refractivity contribution in [1.82, 2.24) is 0 Å². The second-order valence-electron chi connectivity index (χ2n) is 5.65. The van der Waals surface area contributed by atoms with Crippen LogP contribution in [0.5, 0.6) is 0 Å². The van der Waals surface area contributed by atoms with Crippen LogP contribution in [0.1, 0.15) is 91.4 Å². The van der Waals surface area contributed by atoms with Gasteiger partial charge in [0, 0.05) is 0 Å². The summed E-state index contributed by atoms with van der Waals surface area (Å²) < 4.78 is 13.1. The van der Waals surface area contributed by atoms with E-state index >= 15 is 0 Å². The zero-order chi connectivity index (χ0) is 12.3. The molecule has 16 heavy (non-hydrogen) atoms. The Morgan fingerprint density at radius 3 is 1.44 bits per heavy atom. The van der Waals surface area contributed by atoms with E-state index in [1.807, 2.05) is 0 Å². The average Bonchev–Trinajstić information content (AvgIpc) is 2.19. The summed E-state index contributed by atoms with van der Waals surface area (Å²) in [6.07, 6.45) is 14.0. The minimum Gasteiger partial charge on any atom is -0.245 e. The minimum atomic E-state index is -0.958. The molecule has 0 spiro atoms. The van der Waals surface area contributed by atoms with Crippen molar-refractivity contribution in [3.63, 3.8) is 0 Å². The molecule has 1 heteroatoms. The molecule has 0 saturated carbocycles. The molecular weight excluding hydrogens is 199 g/mol. The smallest absolute Gasteiger partial charge is 0.105 e. The summed E-state index contributed by atoms with van der Waals surface area (Å²) in [5, 5.41) is 0. The van der Waals surface area contributed by atoms with Crippen LogP contribution in [0, 0.1) is 0 Å². The van der Waals surface area contributed by atoms with Crippen molar-refractivity contribution in [2.45, 2.75) is 97.1 Å². The van der Waals surface area contributed by atoms with Crippen LogP contribution in [-0.2, 0) is 0 Å². The predicted molar refractivity (Wildman–Crippen MR) is 71.6 cm³/mol. The lowest BCUT2D eigenvalue weighted by atomic mass is 10.0. The van der Waals surface area contributed by atoms with Crippen LogP contribution in [0.25, 0.3) is 0 Å². The van der Waals surface area contributed by atoms with Crippen LogP contribution in [-0.4, -0.2) is 5.67 Å². The maximum atomic E-state index is 13.1. The van der Waals surface area contributed by atoms with E-state index in [9.17, 15) is 4.39 Å². The third kappa shape index (κ3) is 13.9. The largest absolute Gasteiger partial charge is 0.245 e. The lowest BCUT2D eigenvalue weighted by molar-refractivity contribution is 0.195. The molecule has 0 bridgehead atoms. The number of halogens is 1. The molecule has 0 heterocycles. The summed E-state index contributed by atoms with van der Waals surface area (Å²) >= 11 is 0. The Morgan fingerprint density at radius 1 is 0.688 bits per heavy atom. The first-order chi connectivity index (χ1) is 7.56. The van der Waals surface area contributed by atoms with Crippen molar-refractivity contribution in [3.8, 4) is 0 Å². The van der Waals surface area contributed by atoms with E-state index in [1.165, 1.54) is 57.8 Å². The predicted octanol–water partition coefficient (Wildman–Crippen LogP) is 6.05. The van der Waals surface area contributed by atoms with Crippen LogP contribution < -0.4 is 0 Å². The second-order valence-corrected chi connectivity index (χ2v) is 5.65. The SMILES string of the molecule is CCCCCCCCCCCCC(C)(C)F. The first kappa shape index (κ1) is 15.9. The molecule has 0 N–H and O–H groups in total. The van der Waals surface area contributed by atoms with Crippen molar-refractivity contribution in [1.29, 1.82) is 0 Å². The van der Waals surface area contributed by atoms with E-state index in [0.717, 1.165) is 12.8 Å². The summed E-state index contributed by atoms with van der Waals surface area (Å²) in [4.78, 5) is 0. The van der Waals surface area contributed by atoms with Gasteiger partial charge in [-0.25, -0.2) is 4.39 Å². The fourth-order valence-electron chi connectivity index (χ4n) is 2.03. The molecule has 0 aliphatic carbocycles. The fourth-order valence-corrected chi connectivity index (χ4v) is 2.03. The molecule has 0 rings (SSSR count). The van der Waals surface area contributed by atoms with Crippen molar-refractivity contribution in [2.24, 2.45) is 0 Å². The van der Waals surface area contributed by atoms with Gasteiger partial charge >= 0.3 is 0 Å². The molecule has 98 valence electrons. The number of unbranched alkanes of at least 4 members (excludes halogenated alkanes) is 9. The van der Waals surface area contributed by atoms with Crippen molar-refractivity contribution in [2.75, 3.05) is 0 Å². The van der Waals surface area contributed by atoms with Crippen LogP contribution in [0.2, 0.25) is 0 Å². The minimum absolute atomic E-state index is 0.726. The molecule has 0 aromatic heterocycles. The van der Waals surface area contributed by atoms with E-state index < -0.39 is 5.67 Å². The van der Waals surface area contributed by atoms with Gasteiger partial charge in [0.05, 0.1) is 0 Å². The monoisotopic (exact) mass is 230 g/mol. The number of alkyl halides is 1. The molecular formula is C15H31F. The standard InChI is InChI=1S/C15H31F/c1-4-5-6-7-8-9-10-11-12-13-14-15(2,3)16/h4-14H2,1-3H3. The maximum absolute atomic E-state index is 13.1. The van der Waals surface area contributed by atoms with Gasteiger partial charge in [-0.1, -0.05) is 71.1 Å². The van der Waals surface area contributed by atoms with E-state index in [0.29, 0.717) is 0 Å². The Bertz CT molecular complexity index is 135. The van der Waals surface area contributed by atoms with E-state index in [1.54, 1.807) is 13.8 Å². The van der Waals surface area contributed by atoms with Crippen LogP contribution in [0.15, 0.2) is 0 Å². The first-order valence-corrected chi connectivity index (χ1v) is 7.25. The van der Waals surface area contributed by atoms with Crippen molar-refractivity contribution < 1.29 is 4.39 Å². The Kier molecular flexibility index (Phi) is 10.1. The molecule has 0 saturated heterocycles. The van der Waals surface area contributed by atoms with E-state index in [-0.39, 0.29) is 0 Å². The molecule has 0 aliphatic heterocycles. The van der Waals surface area contributed by atoms with Gasteiger partial charge in [-0.15, -0.1) is 0 Å². The highest BCUT2D eigenvalue weighted by molar-refractivity contribution is 4.65. The average molecular weight is 230 g/mol. The Hall–Kier alpha value is -0.0700. The highest BCUT2D eigenvalue weighted by Gasteiger charge is 2.13. The molecule has 0 radical (unpaired) electrons. The third-order valence-corrected chi connectivity index (χ3v) is 3.12. The number of rotatable bonds is 11. The lowest BCUT2D eigenvalue weighted by Crippen LogP contribution is -2.10. The summed E-state index contributed by atoms with van der Waals surface area (Å²) in [7, 11) is 0. The molecule has 0 atom stereocenters. The molecule has 0 amide bonds.